The third-order valence-corrected chi connectivity index (χ3v) is 3.03. The lowest BCUT2D eigenvalue weighted by molar-refractivity contribution is -0.122. The maximum Gasteiger partial charge on any atom is 0.242 e. The highest BCUT2D eigenvalue weighted by Crippen LogP contribution is 2.23. The van der Waals surface area contributed by atoms with Gasteiger partial charge in [-0.3, -0.25) is 9.78 Å². The van der Waals surface area contributed by atoms with E-state index in [2.05, 4.69) is 15.6 Å². The van der Waals surface area contributed by atoms with Crippen molar-refractivity contribution in [3.05, 3.63) is 30.5 Å². The number of nitrogen functional groups attached to an aromatic ring is 1. The van der Waals surface area contributed by atoms with Gasteiger partial charge in [-0.1, -0.05) is 0 Å². The average Bonchev–Trinajstić information content (AvgIpc) is 2.36. The summed E-state index contributed by atoms with van der Waals surface area (Å²) in [4.78, 5) is 16.4. The van der Waals surface area contributed by atoms with Crippen molar-refractivity contribution in [2.45, 2.75) is 39.3 Å². The first-order valence-corrected chi connectivity index (χ1v) is 6.99. The summed E-state index contributed by atoms with van der Waals surface area (Å²) in [6, 6.07) is 7.08. The summed E-state index contributed by atoms with van der Waals surface area (Å²) in [5.74, 6) is -0.0390. The molecule has 1 amide bonds. The van der Waals surface area contributed by atoms with Gasteiger partial charge in [0.2, 0.25) is 5.91 Å². The molecular weight excluding hydrogens is 264 g/mol. The SMILES string of the molecule is CC(Nc1ccnc2cc(N)ccc12)C(=O)NC(C)(C)C. The first-order chi connectivity index (χ1) is 9.76. The fraction of sp³-hybridized carbons (Fsp3) is 0.375. The zero-order chi connectivity index (χ0) is 15.6. The van der Waals surface area contributed by atoms with Gasteiger partial charge in [-0.25, -0.2) is 0 Å². The number of rotatable bonds is 3. The molecule has 0 radical (unpaired) electrons. The summed E-state index contributed by atoms with van der Waals surface area (Å²) < 4.78 is 0. The number of amides is 1. The maximum absolute atomic E-state index is 12.1. The number of anilines is 2. The third kappa shape index (κ3) is 3.84. The zero-order valence-electron chi connectivity index (χ0n) is 12.9. The van der Waals surface area contributed by atoms with E-state index < -0.39 is 0 Å². The Balaban J connectivity index is 2.22. The van der Waals surface area contributed by atoms with Crippen LogP contribution in [0.4, 0.5) is 11.4 Å². The van der Waals surface area contributed by atoms with Crippen molar-refractivity contribution in [3.63, 3.8) is 0 Å². The summed E-state index contributed by atoms with van der Waals surface area (Å²) in [5.41, 5.74) is 7.87. The molecule has 1 unspecified atom stereocenters. The lowest BCUT2D eigenvalue weighted by atomic mass is 10.1. The van der Waals surface area contributed by atoms with Crippen LogP contribution in [0.5, 0.6) is 0 Å². The Morgan fingerprint density at radius 1 is 1.29 bits per heavy atom. The predicted molar refractivity (Wildman–Crippen MR) is 87.1 cm³/mol. The summed E-state index contributed by atoms with van der Waals surface area (Å²) in [7, 11) is 0. The monoisotopic (exact) mass is 286 g/mol. The van der Waals surface area contributed by atoms with Crippen molar-refractivity contribution in [1.29, 1.82) is 0 Å². The van der Waals surface area contributed by atoms with E-state index in [-0.39, 0.29) is 17.5 Å². The van der Waals surface area contributed by atoms with Gasteiger partial charge in [-0.2, -0.15) is 0 Å². The molecule has 0 spiro atoms. The van der Waals surface area contributed by atoms with E-state index in [1.54, 1.807) is 6.20 Å². The molecule has 0 bridgehead atoms. The lowest BCUT2D eigenvalue weighted by Crippen LogP contribution is -2.47. The molecule has 1 aromatic carbocycles. The van der Waals surface area contributed by atoms with Crippen molar-refractivity contribution in [1.82, 2.24) is 10.3 Å². The van der Waals surface area contributed by atoms with E-state index in [9.17, 15) is 4.79 Å². The number of aromatic nitrogens is 1. The minimum absolute atomic E-state index is 0.0390. The van der Waals surface area contributed by atoms with Crippen LogP contribution in [-0.2, 0) is 4.79 Å². The normalized spacial score (nSPS) is 13.0. The van der Waals surface area contributed by atoms with E-state index in [0.29, 0.717) is 5.69 Å². The van der Waals surface area contributed by atoms with Gasteiger partial charge in [0.1, 0.15) is 6.04 Å². The van der Waals surface area contributed by atoms with Gasteiger partial charge in [0.25, 0.3) is 0 Å². The van der Waals surface area contributed by atoms with Crippen molar-refractivity contribution in [3.8, 4) is 0 Å². The van der Waals surface area contributed by atoms with Crippen LogP contribution in [0.3, 0.4) is 0 Å². The quantitative estimate of drug-likeness (QED) is 0.757. The highest BCUT2D eigenvalue weighted by atomic mass is 16.2. The van der Waals surface area contributed by atoms with Crippen molar-refractivity contribution >= 4 is 28.2 Å². The summed E-state index contributed by atoms with van der Waals surface area (Å²) in [6.07, 6.45) is 1.71. The average molecular weight is 286 g/mol. The van der Waals surface area contributed by atoms with E-state index in [1.165, 1.54) is 0 Å². The van der Waals surface area contributed by atoms with Gasteiger partial charge in [0, 0.05) is 28.5 Å². The van der Waals surface area contributed by atoms with Crippen molar-refractivity contribution < 1.29 is 4.79 Å². The highest BCUT2D eigenvalue weighted by molar-refractivity contribution is 5.95. The fourth-order valence-electron chi connectivity index (χ4n) is 2.07. The van der Waals surface area contributed by atoms with E-state index >= 15 is 0 Å². The molecule has 0 fully saturated rings. The fourth-order valence-corrected chi connectivity index (χ4v) is 2.07. The topological polar surface area (TPSA) is 80.0 Å². The van der Waals surface area contributed by atoms with Crippen LogP contribution in [-0.4, -0.2) is 22.5 Å². The second-order valence-corrected chi connectivity index (χ2v) is 6.24. The standard InChI is InChI=1S/C16H22N4O/c1-10(15(21)20-16(2,3)4)19-13-7-8-18-14-9-11(17)5-6-12(13)14/h5-10H,17H2,1-4H3,(H,18,19)(H,20,21). The number of pyridine rings is 1. The molecule has 1 heterocycles. The Bertz CT molecular complexity index is 661. The van der Waals surface area contributed by atoms with Crippen LogP contribution in [0.15, 0.2) is 30.5 Å². The predicted octanol–water partition coefficient (Wildman–Crippen LogP) is 2.53. The molecule has 0 saturated heterocycles. The largest absolute Gasteiger partial charge is 0.399 e. The molecule has 0 aliphatic carbocycles. The minimum Gasteiger partial charge on any atom is -0.399 e. The maximum atomic E-state index is 12.1. The molecule has 0 aliphatic heterocycles. The number of nitrogens with two attached hydrogens (primary N) is 1. The number of hydrogen-bond acceptors (Lipinski definition) is 4. The summed E-state index contributed by atoms with van der Waals surface area (Å²) in [6.45, 7) is 7.72. The lowest BCUT2D eigenvalue weighted by Gasteiger charge is -2.24. The number of carbonyl (C=O) groups is 1. The molecule has 0 aliphatic rings. The molecule has 1 atom stereocenters. The highest BCUT2D eigenvalue weighted by Gasteiger charge is 2.19. The van der Waals surface area contributed by atoms with Gasteiger partial charge in [-0.05, 0) is 52.0 Å². The number of benzene rings is 1. The number of fused-ring (bicyclic) bond motifs is 1. The Hall–Kier alpha value is -2.30. The second-order valence-electron chi connectivity index (χ2n) is 6.24. The van der Waals surface area contributed by atoms with Gasteiger partial charge < -0.3 is 16.4 Å². The molecule has 0 saturated carbocycles. The molecule has 4 N–H and O–H groups in total. The van der Waals surface area contributed by atoms with E-state index in [0.717, 1.165) is 16.6 Å². The molecule has 2 rings (SSSR count). The summed E-state index contributed by atoms with van der Waals surface area (Å²) >= 11 is 0. The number of carbonyl (C=O) groups excluding carboxylic acids is 1. The number of nitrogens with zero attached hydrogens (tertiary/aromatic N) is 1. The number of hydrogen-bond donors (Lipinski definition) is 3. The first-order valence-electron chi connectivity index (χ1n) is 6.99. The Morgan fingerprint density at radius 2 is 2.00 bits per heavy atom. The molecule has 2 aromatic rings. The van der Waals surface area contributed by atoms with Crippen LogP contribution < -0.4 is 16.4 Å². The van der Waals surface area contributed by atoms with Crippen LogP contribution in [0, 0.1) is 0 Å². The zero-order valence-corrected chi connectivity index (χ0v) is 12.9. The van der Waals surface area contributed by atoms with Crippen molar-refractivity contribution in [2.75, 3.05) is 11.1 Å². The second kappa shape index (κ2) is 5.60. The minimum atomic E-state index is -0.340. The molecular formula is C16H22N4O. The molecule has 5 nitrogen and oxygen atoms in total. The van der Waals surface area contributed by atoms with Gasteiger partial charge in [0.15, 0.2) is 0 Å². The van der Waals surface area contributed by atoms with Crippen molar-refractivity contribution in [2.24, 2.45) is 0 Å². The van der Waals surface area contributed by atoms with Crippen LogP contribution in [0.1, 0.15) is 27.7 Å². The molecule has 5 heteroatoms. The first kappa shape index (κ1) is 15.1. The Morgan fingerprint density at radius 3 is 2.67 bits per heavy atom. The van der Waals surface area contributed by atoms with Gasteiger partial charge >= 0.3 is 0 Å². The van der Waals surface area contributed by atoms with Crippen LogP contribution in [0.25, 0.3) is 10.9 Å². The molecule has 112 valence electrons. The van der Waals surface area contributed by atoms with Crippen LogP contribution >= 0.6 is 0 Å². The molecule has 1 aromatic heterocycles. The smallest absolute Gasteiger partial charge is 0.242 e. The Labute approximate surface area is 124 Å². The van der Waals surface area contributed by atoms with Gasteiger partial charge in [0.05, 0.1) is 5.52 Å². The third-order valence-electron chi connectivity index (χ3n) is 3.03. The van der Waals surface area contributed by atoms with E-state index in [4.69, 9.17) is 5.73 Å². The van der Waals surface area contributed by atoms with E-state index in [1.807, 2.05) is 52.0 Å². The van der Waals surface area contributed by atoms with Crippen LogP contribution in [0.2, 0.25) is 0 Å². The summed E-state index contributed by atoms with van der Waals surface area (Å²) in [5, 5.41) is 7.14. The Kier molecular flexibility index (Phi) is 4.02. The van der Waals surface area contributed by atoms with Gasteiger partial charge in [-0.15, -0.1) is 0 Å². The number of nitrogens with one attached hydrogen (secondary N) is 2. The molecule has 21 heavy (non-hydrogen) atoms.